The van der Waals surface area contributed by atoms with Crippen LogP contribution in [0, 0.1) is 5.82 Å². The third-order valence-electron chi connectivity index (χ3n) is 2.19. The van der Waals surface area contributed by atoms with E-state index in [0.717, 1.165) is 6.42 Å². The SMILES string of the molecule is CCCNC(=O)C(C)Nc1cc(F)cc(Cl)c1. The molecule has 17 heavy (non-hydrogen) atoms. The van der Waals surface area contributed by atoms with Crippen molar-refractivity contribution < 1.29 is 9.18 Å². The molecule has 0 radical (unpaired) electrons. The smallest absolute Gasteiger partial charge is 0.242 e. The van der Waals surface area contributed by atoms with E-state index in [1.54, 1.807) is 13.0 Å². The maximum Gasteiger partial charge on any atom is 0.242 e. The fourth-order valence-electron chi connectivity index (χ4n) is 1.35. The Morgan fingerprint density at radius 3 is 2.76 bits per heavy atom. The Morgan fingerprint density at radius 2 is 2.18 bits per heavy atom. The Hall–Kier alpha value is -1.29. The van der Waals surface area contributed by atoms with Gasteiger partial charge in [-0.15, -0.1) is 0 Å². The molecule has 94 valence electrons. The second-order valence-corrected chi connectivity index (χ2v) is 4.25. The molecule has 0 fully saturated rings. The molecule has 1 amide bonds. The highest BCUT2D eigenvalue weighted by Crippen LogP contribution is 2.18. The van der Waals surface area contributed by atoms with Crippen molar-refractivity contribution >= 4 is 23.2 Å². The van der Waals surface area contributed by atoms with E-state index in [9.17, 15) is 9.18 Å². The van der Waals surface area contributed by atoms with Crippen molar-refractivity contribution in [2.75, 3.05) is 11.9 Å². The zero-order valence-electron chi connectivity index (χ0n) is 9.89. The molecule has 0 aromatic heterocycles. The summed E-state index contributed by atoms with van der Waals surface area (Å²) in [5.74, 6) is -0.548. The first kappa shape index (κ1) is 13.8. The molecule has 0 aliphatic rings. The van der Waals surface area contributed by atoms with E-state index in [-0.39, 0.29) is 5.91 Å². The Labute approximate surface area is 105 Å². The average molecular weight is 259 g/mol. The number of anilines is 1. The Kier molecular flexibility index (Phi) is 5.22. The van der Waals surface area contributed by atoms with Crippen LogP contribution in [0.15, 0.2) is 18.2 Å². The number of nitrogens with one attached hydrogen (secondary N) is 2. The fraction of sp³-hybridized carbons (Fsp3) is 0.417. The Balaban J connectivity index is 2.60. The summed E-state index contributed by atoms with van der Waals surface area (Å²) in [5.41, 5.74) is 0.495. The molecule has 1 aromatic carbocycles. The molecule has 1 rings (SSSR count). The zero-order valence-corrected chi connectivity index (χ0v) is 10.6. The molecule has 2 N–H and O–H groups in total. The van der Waals surface area contributed by atoms with Crippen LogP contribution in [0.4, 0.5) is 10.1 Å². The Bertz CT molecular complexity index is 378. The van der Waals surface area contributed by atoms with Crippen molar-refractivity contribution in [3.8, 4) is 0 Å². The standard InChI is InChI=1S/C12H16ClFN2O/c1-3-4-15-12(17)8(2)16-11-6-9(13)5-10(14)7-11/h5-8,16H,3-4H2,1-2H3,(H,15,17). The molecule has 0 saturated heterocycles. The molecule has 0 saturated carbocycles. The monoisotopic (exact) mass is 258 g/mol. The topological polar surface area (TPSA) is 41.1 Å². The summed E-state index contributed by atoms with van der Waals surface area (Å²) in [7, 11) is 0. The third kappa shape index (κ3) is 4.61. The largest absolute Gasteiger partial charge is 0.374 e. The number of carbonyl (C=O) groups excluding carboxylic acids is 1. The normalized spacial score (nSPS) is 12.0. The summed E-state index contributed by atoms with van der Waals surface area (Å²) in [4.78, 5) is 11.6. The lowest BCUT2D eigenvalue weighted by atomic mass is 10.2. The lowest BCUT2D eigenvalue weighted by Crippen LogP contribution is -2.37. The third-order valence-corrected chi connectivity index (χ3v) is 2.41. The quantitative estimate of drug-likeness (QED) is 0.853. The summed E-state index contributed by atoms with van der Waals surface area (Å²) in [6, 6.07) is 3.66. The second-order valence-electron chi connectivity index (χ2n) is 3.82. The van der Waals surface area contributed by atoms with E-state index in [2.05, 4.69) is 10.6 Å². The van der Waals surface area contributed by atoms with Crippen LogP contribution in [-0.2, 0) is 4.79 Å². The van der Waals surface area contributed by atoms with E-state index in [0.29, 0.717) is 17.3 Å². The molecule has 0 spiro atoms. The van der Waals surface area contributed by atoms with Crippen LogP contribution in [0.5, 0.6) is 0 Å². The molecule has 1 unspecified atom stereocenters. The minimum atomic E-state index is -0.431. The number of benzene rings is 1. The van der Waals surface area contributed by atoms with E-state index in [1.165, 1.54) is 12.1 Å². The van der Waals surface area contributed by atoms with E-state index in [1.807, 2.05) is 6.92 Å². The van der Waals surface area contributed by atoms with Crippen LogP contribution >= 0.6 is 11.6 Å². The van der Waals surface area contributed by atoms with E-state index >= 15 is 0 Å². The molecular formula is C12H16ClFN2O. The van der Waals surface area contributed by atoms with Gasteiger partial charge >= 0.3 is 0 Å². The summed E-state index contributed by atoms with van der Waals surface area (Å²) >= 11 is 5.72. The van der Waals surface area contributed by atoms with Crippen LogP contribution in [0.2, 0.25) is 5.02 Å². The minimum absolute atomic E-state index is 0.118. The van der Waals surface area contributed by atoms with Crippen molar-refractivity contribution in [3.63, 3.8) is 0 Å². The molecular weight excluding hydrogens is 243 g/mol. The first-order chi connectivity index (χ1) is 8.02. The molecule has 0 aliphatic heterocycles. The van der Waals surface area contributed by atoms with Gasteiger partial charge in [0, 0.05) is 17.3 Å². The summed E-state index contributed by atoms with van der Waals surface area (Å²) in [6.07, 6.45) is 0.879. The van der Waals surface area contributed by atoms with Gasteiger partial charge in [0.05, 0.1) is 0 Å². The van der Waals surface area contributed by atoms with Crippen molar-refractivity contribution in [1.29, 1.82) is 0 Å². The lowest BCUT2D eigenvalue weighted by Gasteiger charge is -2.15. The number of amides is 1. The predicted octanol–water partition coefficient (Wildman–Crippen LogP) is 2.81. The van der Waals surface area contributed by atoms with Gasteiger partial charge < -0.3 is 10.6 Å². The first-order valence-electron chi connectivity index (χ1n) is 5.53. The maximum absolute atomic E-state index is 13.1. The second kappa shape index (κ2) is 6.45. The minimum Gasteiger partial charge on any atom is -0.374 e. The molecule has 3 nitrogen and oxygen atoms in total. The number of rotatable bonds is 5. The van der Waals surface area contributed by atoms with Gasteiger partial charge in [-0.1, -0.05) is 18.5 Å². The summed E-state index contributed by atoms with van der Waals surface area (Å²) in [5, 5.41) is 5.95. The molecule has 0 aliphatic carbocycles. The summed E-state index contributed by atoms with van der Waals surface area (Å²) in [6.45, 7) is 4.32. The predicted molar refractivity (Wildman–Crippen MR) is 67.8 cm³/mol. The molecule has 5 heteroatoms. The van der Waals surface area contributed by atoms with Gasteiger partial charge in [0.25, 0.3) is 0 Å². The highest BCUT2D eigenvalue weighted by Gasteiger charge is 2.12. The maximum atomic E-state index is 13.1. The molecule has 0 bridgehead atoms. The summed E-state index contributed by atoms with van der Waals surface area (Å²) < 4.78 is 13.1. The zero-order chi connectivity index (χ0) is 12.8. The molecule has 0 heterocycles. The molecule has 1 aromatic rings. The van der Waals surface area contributed by atoms with Gasteiger partial charge in [0.2, 0.25) is 5.91 Å². The average Bonchev–Trinajstić information content (AvgIpc) is 2.24. The highest BCUT2D eigenvalue weighted by molar-refractivity contribution is 6.30. The van der Waals surface area contributed by atoms with Gasteiger partial charge in [-0.2, -0.15) is 0 Å². The van der Waals surface area contributed by atoms with Crippen molar-refractivity contribution in [3.05, 3.63) is 29.0 Å². The lowest BCUT2D eigenvalue weighted by molar-refractivity contribution is -0.121. The van der Waals surface area contributed by atoms with E-state index in [4.69, 9.17) is 11.6 Å². The number of carbonyl (C=O) groups is 1. The van der Waals surface area contributed by atoms with Gasteiger partial charge in [-0.3, -0.25) is 4.79 Å². The van der Waals surface area contributed by atoms with Crippen molar-refractivity contribution in [2.24, 2.45) is 0 Å². The number of hydrogen-bond acceptors (Lipinski definition) is 2. The number of halogens is 2. The van der Waals surface area contributed by atoms with Crippen LogP contribution in [0.25, 0.3) is 0 Å². The van der Waals surface area contributed by atoms with Crippen LogP contribution in [-0.4, -0.2) is 18.5 Å². The van der Waals surface area contributed by atoms with Crippen LogP contribution in [0.3, 0.4) is 0 Å². The van der Waals surface area contributed by atoms with Gasteiger partial charge in [-0.25, -0.2) is 4.39 Å². The van der Waals surface area contributed by atoms with Crippen molar-refractivity contribution in [1.82, 2.24) is 5.32 Å². The highest BCUT2D eigenvalue weighted by atomic mass is 35.5. The van der Waals surface area contributed by atoms with Gasteiger partial charge in [0.15, 0.2) is 0 Å². The van der Waals surface area contributed by atoms with Gasteiger partial charge in [-0.05, 0) is 31.5 Å². The first-order valence-corrected chi connectivity index (χ1v) is 5.91. The van der Waals surface area contributed by atoms with Crippen molar-refractivity contribution in [2.45, 2.75) is 26.3 Å². The van der Waals surface area contributed by atoms with Gasteiger partial charge in [0.1, 0.15) is 11.9 Å². The Morgan fingerprint density at radius 1 is 1.47 bits per heavy atom. The van der Waals surface area contributed by atoms with Crippen LogP contribution < -0.4 is 10.6 Å². The van der Waals surface area contributed by atoms with Crippen LogP contribution in [0.1, 0.15) is 20.3 Å². The number of hydrogen-bond donors (Lipinski definition) is 2. The fourth-order valence-corrected chi connectivity index (χ4v) is 1.58. The molecule has 1 atom stereocenters. The van der Waals surface area contributed by atoms with E-state index < -0.39 is 11.9 Å².